The van der Waals surface area contributed by atoms with Crippen molar-refractivity contribution in [3.8, 4) is 0 Å². The van der Waals surface area contributed by atoms with E-state index in [1.54, 1.807) is 22.8 Å². The summed E-state index contributed by atoms with van der Waals surface area (Å²) >= 11 is 0. The summed E-state index contributed by atoms with van der Waals surface area (Å²) in [7, 11) is -3.16. The Balaban J connectivity index is 1.27. The van der Waals surface area contributed by atoms with Crippen LogP contribution in [0.15, 0.2) is 30.6 Å². The Labute approximate surface area is 214 Å². The molecule has 0 aliphatic carbocycles. The van der Waals surface area contributed by atoms with Gasteiger partial charge in [0.1, 0.15) is 12.1 Å². The molecule has 3 saturated heterocycles. The quantitative estimate of drug-likeness (QED) is 0.610. The number of likely N-dealkylation sites (tertiary alicyclic amines) is 1. The van der Waals surface area contributed by atoms with Gasteiger partial charge < -0.3 is 10.2 Å². The molecule has 0 spiro atoms. The molecule has 0 amide bonds. The summed E-state index contributed by atoms with van der Waals surface area (Å²) in [5.41, 5.74) is 4.41. The van der Waals surface area contributed by atoms with Gasteiger partial charge in [0.2, 0.25) is 10.0 Å². The number of sulfonamides is 1. The maximum Gasteiger partial charge on any atom is 0.211 e. The molecule has 2 aromatic rings. The Bertz CT molecular complexity index is 1160. The number of aromatic nitrogens is 2. The minimum absolute atomic E-state index is 0.202. The van der Waals surface area contributed by atoms with Crippen LogP contribution >= 0.6 is 0 Å². The average molecular weight is 516 g/mol. The number of hydrogen-bond donors (Lipinski definition) is 1. The molecule has 1 N–H and O–H groups in total. The molecule has 3 aliphatic heterocycles. The fourth-order valence-electron chi connectivity index (χ4n) is 6.91. The van der Waals surface area contributed by atoms with Crippen molar-refractivity contribution in [2.75, 3.05) is 45.5 Å². The molecule has 4 heterocycles. The Hall–Kier alpha value is -1.94. The van der Waals surface area contributed by atoms with Crippen LogP contribution in [0.3, 0.4) is 0 Å². The number of benzene rings is 1. The Morgan fingerprint density at radius 2 is 1.86 bits per heavy atom. The molecule has 9 heteroatoms. The van der Waals surface area contributed by atoms with E-state index in [0.29, 0.717) is 36.9 Å². The number of nitrogens with zero attached hydrogens (tertiary/aromatic N) is 4. The molecule has 5 rings (SSSR count). The van der Waals surface area contributed by atoms with Gasteiger partial charge in [-0.3, -0.25) is 0 Å². The van der Waals surface area contributed by atoms with Crippen molar-refractivity contribution in [2.45, 2.75) is 45.1 Å². The van der Waals surface area contributed by atoms with Crippen molar-refractivity contribution >= 4 is 10.0 Å². The molecular weight excluding hydrogens is 477 g/mol. The number of nitrogens with one attached hydrogen (secondary N) is 1. The maximum atomic E-state index is 14.2. The third-order valence-corrected chi connectivity index (χ3v) is 10.1. The van der Waals surface area contributed by atoms with Gasteiger partial charge in [-0.05, 0) is 81.0 Å². The highest BCUT2D eigenvalue weighted by molar-refractivity contribution is 7.88. The predicted molar refractivity (Wildman–Crippen MR) is 139 cm³/mol. The summed E-state index contributed by atoms with van der Waals surface area (Å²) in [6.45, 7) is 9.34. The zero-order chi connectivity index (χ0) is 25.4. The molecule has 1 aromatic carbocycles. The maximum absolute atomic E-state index is 14.2. The lowest BCUT2D eigenvalue weighted by Gasteiger charge is -2.36. The van der Waals surface area contributed by atoms with Gasteiger partial charge in [0.15, 0.2) is 0 Å². The zero-order valence-corrected chi connectivity index (χ0v) is 22.3. The molecule has 3 fully saturated rings. The van der Waals surface area contributed by atoms with Crippen LogP contribution in [0.1, 0.15) is 53.7 Å². The fraction of sp³-hybridized carbons (Fsp3) is 0.630. The average Bonchev–Trinajstić information content (AvgIpc) is 3.40. The van der Waals surface area contributed by atoms with E-state index in [0.717, 1.165) is 62.4 Å². The van der Waals surface area contributed by atoms with Gasteiger partial charge in [-0.2, -0.15) is 0 Å². The lowest BCUT2D eigenvalue weighted by molar-refractivity contribution is 0.218. The zero-order valence-electron chi connectivity index (χ0n) is 21.5. The largest absolute Gasteiger partial charge is 0.309 e. The van der Waals surface area contributed by atoms with Crippen molar-refractivity contribution in [3.63, 3.8) is 0 Å². The standard InChI is InChI=1S/C27H38FN5O2S/c1-18-26(19(2)31-17-30-18)27-25-16-32(15-22(25)14-29-27)10-9-24(21-5-4-6-23(28)13-21)20-7-11-33(12-8-20)36(3,34)35/h4-6,13,17,20,22,24-25,27,29H,7-12,14-16H2,1-3H3/t22?,24-,25?,27?/m0/s1. The van der Waals surface area contributed by atoms with E-state index in [9.17, 15) is 12.8 Å². The summed E-state index contributed by atoms with van der Waals surface area (Å²) in [6.07, 6.45) is 5.52. The lowest BCUT2D eigenvalue weighted by Crippen LogP contribution is -2.39. The molecule has 3 aliphatic rings. The van der Waals surface area contributed by atoms with Crippen molar-refractivity contribution in [2.24, 2.45) is 17.8 Å². The summed E-state index contributed by atoms with van der Waals surface area (Å²) in [6, 6.07) is 7.30. The molecule has 7 nitrogen and oxygen atoms in total. The monoisotopic (exact) mass is 515 g/mol. The third kappa shape index (κ3) is 5.35. The SMILES string of the molecule is Cc1ncnc(C)c1C1NCC2CN(CC[C@H](c3cccc(F)c3)C3CCN(S(C)(=O)=O)CC3)CC21. The lowest BCUT2D eigenvalue weighted by atomic mass is 9.78. The number of halogens is 1. The molecule has 0 radical (unpaired) electrons. The van der Waals surface area contributed by atoms with Crippen LogP contribution in [0.25, 0.3) is 0 Å². The Morgan fingerprint density at radius 1 is 1.14 bits per heavy atom. The summed E-state index contributed by atoms with van der Waals surface area (Å²) in [4.78, 5) is 11.5. The second kappa shape index (κ2) is 10.4. The van der Waals surface area contributed by atoms with Gasteiger partial charge in [-0.15, -0.1) is 0 Å². The topological polar surface area (TPSA) is 78.4 Å². The summed E-state index contributed by atoms with van der Waals surface area (Å²) < 4.78 is 39.7. The van der Waals surface area contributed by atoms with Gasteiger partial charge in [-0.25, -0.2) is 27.1 Å². The molecule has 196 valence electrons. The summed E-state index contributed by atoms with van der Waals surface area (Å²) in [5.74, 6) is 1.53. The van der Waals surface area contributed by atoms with E-state index >= 15 is 0 Å². The normalized spacial score (nSPS) is 26.8. The molecule has 4 atom stereocenters. The van der Waals surface area contributed by atoms with E-state index in [1.165, 1.54) is 17.9 Å². The fourth-order valence-corrected chi connectivity index (χ4v) is 7.78. The second-order valence-electron chi connectivity index (χ2n) is 11.0. The summed E-state index contributed by atoms with van der Waals surface area (Å²) in [5, 5.41) is 3.74. The molecule has 3 unspecified atom stereocenters. The van der Waals surface area contributed by atoms with Gasteiger partial charge in [0, 0.05) is 55.7 Å². The molecular formula is C27H38FN5O2S. The van der Waals surface area contributed by atoms with E-state index in [2.05, 4.69) is 34.0 Å². The van der Waals surface area contributed by atoms with E-state index in [1.807, 2.05) is 6.07 Å². The van der Waals surface area contributed by atoms with Crippen molar-refractivity contribution in [3.05, 3.63) is 58.9 Å². The smallest absolute Gasteiger partial charge is 0.211 e. The highest BCUT2D eigenvalue weighted by Crippen LogP contribution is 2.42. The highest BCUT2D eigenvalue weighted by Gasteiger charge is 2.44. The van der Waals surface area contributed by atoms with Crippen molar-refractivity contribution < 1.29 is 12.8 Å². The first-order chi connectivity index (χ1) is 17.2. The van der Waals surface area contributed by atoms with Crippen LogP contribution in [0.2, 0.25) is 0 Å². The van der Waals surface area contributed by atoms with Crippen molar-refractivity contribution in [1.82, 2.24) is 24.5 Å². The van der Waals surface area contributed by atoms with Crippen LogP contribution in [-0.4, -0.2) is 73.1 Å². The Kier molecular flexibility index (Phi) is 7.45. The van der Waals surface area contributed by atoms with Crippen LogP contribution in [-0.2, 0) is 10.0 Å². The van der Waals surface area contributed by atoms with Crippen LogP contribution in [0.5, 0.6) is 0 Å². The molecule has 0 saturated carbocycles. The number of piperidine rings is 1. The minimum Gasteiger partial charge on any atom is -0.309 e. The van der Waals surface area contributed by atoms with E-state index < -0.39 is 10.0 Å². The van der Waals surface area contributed by atoms with Crippen LogP contribution in [0, 0.1) is 37.4 Å². The number of hydrogen-bond acceptors (Lipinski definition) is 6. The second-order valence-corrected chi connectivity index (χ2v) is 13.0. The Morgan fingerprint density at radius 3 is 2.53 bits per heavy atom. The van der Waals surface area contributed by atoms with Gasteiger partial charge in [-0.1, -0.05) is 12.1 Å². The molecule has 36 heavy (non-hydrogen) atoms. The van der Waals surface area contributed by atoms with Gasteiger partial charge in [0.25, 0.3) is 0 Å². The van der Waals surface area contributed by atoms with Gasteiger partial charge >= 0.3 is 0 Å². The van der Waals surface area contributed by atoms with Crippen LogP contribution in [0.4, 0.5) is 4.39 Å². The first-order valence-electron chi connectivity index (χ1n) is 13.1. The number of rotatable bonds is 7. The predicted octanol–water partition coefficient (Wildman–Crippen LogP) is 3.27. The van der Waals surface area contributed by atoms with Gasteiger partial charge in [0.05, 0.1) is 6.26 Å². The first kappa shape index (κ1) is 25.7. The first-order valence-corrected chi connectivity index (χ1v) is 15.0. The molecule has 1 aromatic heterocycles. The number of aryl methyl sites for hydroxylation is 2. The molecule has 0 bridgehead atoms. The van der Waals surface area contributed by atoms with E-state index in [4.69, 9.17) is 0 Å². The van der Waals surface area contributed by atoms with Crippen LogP contribution < -0.4 is 5.32 Å². The minimum atomic E-state index is -3.16. The van der Waals surface area contributed by atoms with E-state index in [-0.39, 0.29) is 11.7 Å². The number of fused-ring (bicyclic) bond motifs is 1. The van der Waals surface area contributed by atoms with Crippen molar-refractivity contribution in [1.29, 1.82) is 0 Å². The highest BCUT2D eigenvalue weighted by atomic mass is 32.2. The third-order valence-electron chi connectivity index (χ3n) is 8.76.